The first-order valence-corrected chi connectivity index (χ1v) is 8.04. The van der Waals surface area contributed by atoms with Gasteiger partial charge in [0.1, 0.15) is 0 Å². The van der Waals surface area contributed by atoms with Crippen molar-refractivity contribution in [1.29, 1.82) is 0 Å². The van der Waals surface area contributed by atoms with Crippen LogP contribution in [0.25, 0.3) is 0 Å². The molecule has 0 aliphatic rings. The zero-order valence-electron chi connectivity index (χ0n) is 10.5. The van der Waals surface area contributed by atoms with Gasteiger partial charge in [0.15, 0.2) is 0 Å². The number of rotatable bonds is 6. The highest BCUT2D eigenvalue weighted by atomic mass is 79.9. The Hall–Kier alpha value is -0.430. The Kier molecular flexibility index (Phi) is 5.78. The maximum Gasteiger partial charge on any atom is 0.241 e. The smallest absolute Gasteiger partial charge is 0.241 e. The fourth-order valence-corrected chi connectivity index (χ4v) is 3.68. The fraction of sp³-hybridized carbons (Fsp3) is 0.500. The van der Waals surface area contributed by atoms with Gasteiger partial charge >= 0.3 is 0 Å². The molecule has 0 saturated carbocycles. The van der Waals surface area contributed by atoms with Crippen molar-refractivity contribution in [2.45, 2.75) is 37.6 Å². The molecule has 0 unspecified atom stereocenters. The molecule has 1 aromatic rings. The Bertz CT molecular complexity index is 502. The minimum absolute atomic E-state index is 0.0728. The molecular weight excluding hydrogens is 318 g/mol. The number of benzene rings is 1. The summed E-state index contributed by atoms with van der Waals surface area (Å²) < 4.78 is 27.8. The summed E-state index contributed by atoms with van der Waals surface area (Å²) in [5.74, 6) is 0. The second kappa shape index (κ2) is 6.65. The van der Waals surface area contributed by atoms with Gasteiger partial charge in [0.25, 0.3) is 0 Å². The lowest BCUT2D eigenvalue weighted by molar-refractivity contribution is 0.279. The van der Waals surface area contributed by atoms with E-state index in [2.05, 4.69) is 20.7 Å². The quantitative estimate of drug-likeness (QED) is 0.837. The first kappa shape index (κ1) is 15.6. The molecule has 102 valence electrons. The molecule has 0 aliphatic carbocycles. The van der Waals surface area contributed by atoms with E-state index in [1.807, 2.05) is 0 Å². The van der Waals surface area contributed by atoms with E-state index in [9.17, 15) is 8.42 Å². The second-order valence-corrected chi connectivity index (χ2v) is 6.90. The number of aliphatic hydroxyl groups is 1. The van der Waals surface area contributed by atoms with Crippen molar-refractivity contribution in [3.8, 4) is 0 Å². The zero-order chi connectivity index (χ0) is 13.8. The largest absolute Gasteiger partial charge is 0.396 e. The number of halogens is 1. The van der Waals surface area contributed by atoms with Crippen LogP contribution in [0.2, 0.25) is 0 Å². The molecule has 18 heavy (non-hydrogen) atoms. The lowest BCUT2D eigenvalue weighted by Crippen LogP contribution is -2.33. The van der Waals surface area contributed by atoms with Crippen LogP contribution in [0.1, 0.15) is 25.3 Å². The van der Waals surface area contributed by atoms with Gasteiger partial charge < -0.3 is 5.11 Å². The van der Waals surface area contributed by atoms with Gasteiger partial charge in [0, 0.05) is 17.1 Å². The Morgan fingerprint density at radius 3 is 2.67 bits per heavy atom. The highest BCUT2D eigenvalue weighted by Crippen LogP contribution is 2.20. The number of hydrogen-bond donors (Lipinski definition) is 2. The van der Waals surface area contributed by atoms with E-state index in [4.69, 9.17) is 5.11 Å². The average molecular weight is 336 g/mol. The van der Waals surface area contributed by atoms with Crippen LogP contribution in [0, 0.1) is 6.92 Å². The van der Waals surface area contributed by atoms with Gasteiger partial charge in [0.2, 0.25) is 10.0 Å². The highest BCUT2D eigenvalue weighted by Gasteiger charge is 2.19. The third-order valence-electron chi connectivity index (χ3n) is 2.58. The number of sulfonamides is 1. The highest BCUT2D eigenvalue weighted by molar-refractivity contribution is 9.10. The maximum absolute atomic E-state index is 12.1. The fourth-order valence-electron chi connectivity index (χ4n) is 1.70. The standard InChI is InChI=1S/C12H18BrNO3S/c1-9-8-11(13)5-6-12(9)18(16,17)14-10(2)4-3-7-15/h5-6,8,10,14-15H,3-4,7H2,1-2H3/t10-/m1/s1. The number of nitrogens with one attached hydrogen (secondary N) is 1. The predicted molar refractivity (Wildman–Crippen MR) is 75.0 cm³/mol. The summed E-state index contributed by atoms with van der Waals surface area (Å²) in [5, 5.41) is 8.72. The average Bonchev–Trinajstić information content (AvgIpc) is 2.25. The molecule has 6 heteroatoms. The van der Waals surface area contributed by atoms with E-state index in [1.54, 1.807) is 32.0 Å². The summed E-state index contributed by atoms with van der Waals surface area (Å²) in [6.45, 7) is 3.63. The molecule has 1 rings (SSSR count). The molecule has 2 N–H and O–H groups in total. The number of aliphatic hydroxyl groups excluding tert-OH is 1. The lowest BCUT2D eigenvalue weighted by Gasteiger charge is -2.15. The topological polar surface area (TPSA) is 66.4 Å². The molecule has 0 radical (unpaired) electrons. The molecule has 0 aliphatic heterocycles. The molecule has 1 aromatic carbocycles. The van der Waals surface area contributed by atoms with Gasteiger partial charge in [-0.1, -0.05) is 15.9 Å². The Labute approximate surface area is 117 Å². The normalized spacial score (nSPS) is 13.6. The number of hydrogen-bond acceptors (Lipinski definition) is 3. The molecule has 0 amide bonds. The van der Waals surface area contributed by atoms with Crippen molar-refractivity contribution >= 4 is 26.0 Å². The summed E-state index contributed by atoms with van der Waals surface area (Å²) in [6, 6.07) is 4.87. The van der Waals surface area contributed by atoms with Crippen molar-refractivity contribution in [2.24, 2.45) is 0 Å². The van der Waals surface area contributed by atoms with Crippen molar-refractivity contribution in [3.05, 3.63) is 28.2 Å². The van der Waals surface area contributed by atoms with Gasteiger partial charge in [0.05, 0.1) is 4.90 Å². The molecule has 4 nitrogen and oxygen atoms in total. The van der Waals surface area contributed by atoms with Crippen molar-refractivity contribution in [1.82, 2.24) is 4.72 Å². The van der Waals surface area contributed by atoms with E-state index >= 15 is 0 Å². The summed E-state index contributed by atoms with van der Waals surface area (Å²) in [6.07, 6.45) is 1.20. The van der Waals surface area contributed by atoms with Crippen molar-refractivity contribution in [2.75, 3.05) is 6.61 Å². The van der Waals surface area contributed by atoms with Gasteiger partial charge in [-0.2, -0.15) is 0 Å². The molecule has 0 heterocycles. The Balaban J connectivity index is 2.86. The molecule has 0 fully saturated rings. The molecule has 0 spiro atoms. The van der Waals surface area contributed by atoms with Gasteiger partial charge in [-0.25, -0.2) is 13.1 Å². The third-order valence-corrected chi connectivity index (χ3v) is 4.82. The minimum atomic E-state index is -3.49. The van der Waals surface area contributed by atoms with Crippen molar-refractivity contribution < 1.29 is 13.5 Å². The maximum atomic E-state index is 12.1. The SMILES string of the molecule is Cc1cc(Br)ccc1S(=O)(=O)N[C@H](C)CCCO. The molecular formula is C12H18BrNO3S. The molecule has 0 aromatic heterocycles. The zero-order valence-corrected chi connectivity index (χ0v) is 12.9. The monoisotopic (exact) mass is 335 g/mol. The van der Waals surface area contributed by atoms with E-state index in [-0.39, 0.29) is 12.6 Å². The van der Waals surface area contributed by atoms with Crippen LogP contribution in [0.15, 0.2) is 27.6 Å². The Morgan fingerprint density at radius 1 is 1.44 bits per heavy atom. The third kappa shape index (κ3) is 4.35. The summed E-state index contributed by atoms with van der Waals surface area (Å²) in [7, 11) is -3.49. The van der Waals surface area contributed by atoms with E-state index in [0.29, 0.717) is 23.3 Å². The van der Waals surface area contributed by atoms with Crippen molar-refractivity contribution in [3.63, 3.8) is 0 Å². The van der Waals surface area contributed by atoms with Gasteiger partial charge in [-0.05, 0) is 50.5 Å². The second-order valence-electron chi connectivity index (χ2n) is 4.30. The van der Waals surface area contributed by atoms with E-state index in [1.165, 1.54) is 0 Å². The van der Waals surface area contributed by atoms with Gasteiger partial charge in [-0.3, -0.25) is 0 Å². The molecule has 0 saturated heterocycles. The van der Waals surface area contributed by atoms with Crippen LogP contribution in [0.3, 0.4) is 0 Å². The summed E-state index contributed by atoms with van der Waals surface area (Å²) in [5.41, 5.74) is 0.700. The van der Waals surface area contributed by atoms with E-state index < -0.39 is 10.0 Å². The first-order valence-electron chi connectivity index (χ1n) is 5.76. The molecule has 0 bridgehead atoms. The van der Waals surface area contributed by atoms with Crippen LogP contribution in [-0.2, 0) is 10.0 Å². The summed E-state index contributed by atoms with van der Waals surface area (Å²) in [4.78, 5) is 0.293. The molecule has 1 atom stereocenters. The lowest BCUT2D eigenvalue weighted by atomic mass is 10.2. The first-order chi connectivity index (χ1) is 8.36. The minimum Gasteiger partial charge on any atom is -0.396 e. The van der Waals surface area contributed by atoms with Crippen LogP contribution >= 0.6 is 15.9 Å². The van der Waals surface area contributed by atoms with Gasteiger partial charge in [-0.15, -0.1) is 0 Å². The Morgan fingerprint density at radius 2 is 2.11 bits per heavy atom. The predicted octanol–water partition coefficient (Wildman–Crippen LogP) is 2.20. The van der Waals surface area contributed by atoms with Crippen LogP contribution in [-0.4, -0.2) is 26.2 Å². The summed E-state index contributed by atoms with van der Waals surface area (Å²) >= 11 is 3.31. The van der Waals surface area contributed by atoms with Crippen LogP contribution < -0.4 is 4.72 Å². The van der Waals surface area contributed by atoms with Crippen LogP contribution in [0.5, 0.6) is 0 Å². The van der Waals surface area contributed by atoms with E-state index in [0.717, 1.165) is 4.47 Å². The number of aryl methyl sites for hydroxylation is 1. The van der Waals surface area contributed by atoms with Crippen LogP contribution in [0.4, 0.5) is 0 Å².